The predicted octanol–water partition coefficient (Wildman–Crippen LogP) is 2.09. The van der Waals surface area contributed by atoms with Gasteiger partial charge in [-0.1, -0.05) is 0 Å². The molecule has 2 aliphatic rings. The second-order valence-electron chi connectivity index (χ2n) is 6.90. The van der Waals surface area contributed by atoms with E-state index in [0.29, 0.717) is 25.2 Å². The van der Waals surface area contributed by atoms with Crippen LogP contribution in [0.15, 0.2) is 23.0 Å². The summed E-state index contributed by atoms with van der Waals surface area (Å²) in [5.74, 6) is -0.00917. The molecule has 7 nitrogen and oxygen atoms in total. The number of hydrogen-bond donors (Lipinski definition) is 1. The number of rotatable bonds is 4. The summed E-state index contributed by atoms with van der Waals surface area (Å²) in [6.07, 6.45) is 7.97. The lowest BCUT2D eigenvalue weighted by Crippen LogP contribution is -2.50. The van der Waals surface area contributed by atoms with Crippen molar-refractivity contribution < 1.29 is 18.7 Å². The third-order valence-corrected chi connectivity index (χ3v) is 4.98. The lowest BCUT2D eigenvalue weighted by molar-refractivity contribution is 0.00358. The first-order chi connectivity index (χ1) is 12.1. The average Bonchev–Trinajstić information content (AvgIpc) is 3.17. The topological polar surface area (TPSA) is 75.0 Å². The van der Waals surface area contributed by atoms with Crippen LogP contribution in [-0.4, -0.2) is 67.2 Å². The van der Waals surface area contributed by atoms with E-state index in [2.05, 4.69) is 5.32 Å². The van der Waals surface area contributed by atoms with Crippen molar-refractivity contribution in [3.8, 4) is 0 Å². The van der Waals surface area contributed by atoms with E-state index in [9.17, 15) is 9.59 Å². The number of likely N-dealkylation sites (N-methyl/N-ethyl adjacent to an activating group) is 1. The molecule has 0 bridgehead atoms. The van der Waals surface area contributed by atoms with Gasteiger partial charge in [0.25, 0.3) is 5.91 Å². The van der Waals surface area contributed by atoms with E-state index in [-0.39, 0.29) is 24.1 Å². The highest BCUT2D eigenvalue weighted by Gasteiger charge is 2.26. The van der Waals surface area contributed by atoms with E-state index in [4.69, 9.17) is 9.15 Å². The molecule has 1 atom stereocenters. The van der Waals surface area contributed by atoms with Gasteiger partial charge in [-0.15, -0.1) is 0 Å². The van der Waals surface area contributed by atoms with Crippen molar-refractivity contribution in [3.63, 3.8) is 0 Å². The predicted molar refractivity (Wildman–Crippen MR) is 92.4 cm³/mol. The molecule has 0 saturated carbocycles. The summed E-state index contributed by atoms with van der Waals surface area (Å²) < 4.78 is 10.7. The summed E-state index contributed by atoms with van der Waals surface area (Å²) >= 11 is 0. The number of nitrogens with one attached hydrogen (secondary N) is 1. The molecule has 1 aromatic rings. The van der Waals surface area contributed by atoms with E-state index in [1.54, 1.807) is 11.0 Å². The van der Waals surface area contributed by atoms with Crippen LogP contribution in [0.4, 0.5) is 4.79 Å². The molecule has 3 heterocycles. The second kappa shape index (κ2) is 8.38. The summed E-state index contributed by atoms with van der Waals surface area (Å²) in [7, 11) is 1.81. The first kappa shape index (κ1) is 17.8. The maximum Gasteiger partial charge on any atom is 0.317 e. The summed E-state index contributed by atoms with van der Waals surface area (Å²) in [6, 6.07) is 1.72. The summed E-state index contributed by atoms with van der Waals surface area (Å²) in [4.78, 5) is 28.1. The summed E-state index contributed by atoms with van der Waals surface area (Å²) in [6.45, 7) is 2.71. The number of nitrogens with zero attached hydrogens (tertiary/aromatic N) is 2. The van der Waals surface area contributed by atoms with Crippen LogP contribution < -0.4 is 5.32 Å². The number of urea groups is 1. The molecule has 2 saturated heterocycles. The summed E-state index contributed by atoms with van der Waals surface area (Å²) in [5, 5.41) is 3.08. The van der Waals surface area contributed by atoms with Crippen molar-refractivity contribution in [2.75, 3.05) is 33.3 Å². The number of piperidine rings is 1. The van der Waals surface area contributed by atoms with Crippen LogP contribution in [0.1, 0.15) is 42.5 Å². The second-order valence-corrected chi connectivity index (χ2v) is 6.90. The maximum atomic E-state index is 12.4. The number of ether oxygens (including phenoxy) is 1. The Hall–Kier alpha value is -2.02. The minimum Gasteiger partial charge on any atom is -0.472 e. The van der Waals surface area contributed by atoms with Crippen molar-refractivity contribution in [1.29, 1.82) is 0 Å². The van der Waals surface area contributed by atoms with Gasteiger partial charge in [0.2, 0.25) is 0 Å². The van der Waals surface area contributed by atoms with Crippen LogP contribution in [0.2, 0.25) is 0 Å². The van der Waals surface area contributed by atoms with E-state index < -0.39 is 0 Å². The Kier molecular flexibility index (Phi) is 5.96. The maximum absolute atomic E-state index is 12.4. The lowest BCUT2D eigenvalue weighted by atomic mass is 10.0. The SMILES string of the molecule is CN(CC1CCCCO1)C(=O)NC1CCN(C(=O)c2ccoc2)CC1. The number of likely N-dealkylation sites (tertiary alicyclic amines) is 1. The Morgan fingerprint density at radius 1 is 1.28 bits per heavy atom. The van der Waals surface area contributed by atoms with Gasteiger partial charge < -0.3 is 24.3 Å². The molecule has 25 heavy (non-hydrogen) atoms. The molecule has 3 rings (SSSR count). The van der Waals surface area contributed by atoms with Crippen LogP contribution in [0, 0.1) is 0 Å². The third kappa shape index (κ3) is 4.75. The molecule has 0 aliphatic carbocycles. The first-order valence-electron chi connectivity index (χ1n) is 9.08. The van der Waals surface area contributed by atoms with Gasteiger partial charge in [-0.3, -0.25) is 4.79 Å². The van der Waals surface area contributed by atoms with Crippen LogP contribution >= 0.6 is 0 Å². The van der Waals surface area contributed by atoms with Crippen LogP contribution in [0.5, 0.6) is 0 Å². The van der Waals surface area contributed by atoms with Gasteiger partial charge in [-0.25, -0.2) is 4.79 Å². The Morgan fingerprint density at radius 3 is 2.72 bits per heavy atom. The summed E-state index contributed by atoms with van der Waals surface area (Å²) in [5.41, 5.74) is 0.578. The van der Waals surface area contributed by atoms with Crippen LogP contribution in [0.3, 0.4) is 0 Å². The standard InChI is InChI=1S/C18H27N3O4/c1-20(12-16-4-2-3-10-25-16)18(23)19-15-5-8-21(9-6-15)17(22)14-7-11-24-13-14/h7,11,13,15-16H,2-6,8-10,12H2,1H3,(H,19,23). The molecular weight excluding hydrogens is 322 g/mol. The minimum absolute atomic E-state index is 0.00917. The first-order valence-corrected chi connectivity index (χ1v) is 9.08. The molecule has 1 N–H and O–H groups in total. The van der Waals surface area contributed by atoms with E-state index in [1.807, 2.05) is 11.9 Å². The highest BCUT2D eigenvalue weighted by Crippen LogP contribution is 2.16. The van der Waals surface area contributed by atoms with E-state index in [0.717, 1.165) is 32.3 Å². The molecule has 1 unspecified atom stereocenters. The van der Waals surface area contributed by atoms with Crippen molar-refractivity contribution >= 4 is 11.9 Å². The molecule has 3 amide bonds. The molecule has 2 aliphatic heterocycles. The number of hydrogen-bond acceptors (Lipinski definition) is 4. The van der Waals surface area contributed by atoms with Gasteiger partial charge in [-0.05, 0) is 38.2 Å². The molecule has 0 aromatic carbocycles. The molecule has 7 heteroatoms. The molecule has 1 aromatic heterocycles. The Bertz CT molecular complexity index is 561. The Balaban J connectivity index is 1.40. The Morgan fingerprint density at radius 2 is 2.08 bits per heavy atom. The van der Waals surface area contributed by atoms with Crippen molar-refractivity contribution in [3.05, 3.63) is 24.2 Å². The third-order valence-electron chi connectivity index (χ3n) is 4.98. The molecule has 2 fully saturated rings. The van der Waals surface area contributed by atoms with Crippen LogP contribution in [0.25, 0.3) is 0 Å². The van der Waals surface area contributed by atoms with Gasteiger partial charge in [0.05, 0.1) is 17.9 Å². The fourth-order valence-corrected chi connectivity index (χ4v) is 3.42. The number of furan rings is 1. The van der Waals surface area contributed by atoms with Gasteiger partial charge in [0.1, 0.15) is 6.26 Å². The number of amides is 3. The van der Waals surface area contributed by atoms with Crippen molar-refractivity contribution in [2.45, 2.75) is 44.2 Å². The monoisotopic (exact) mass is 349 g/mol. The Labute approximate surface area is 148 Å². The molecule has 138 valence electrons. The van der Waals surface area contributed by atoms with Crippen molar-refractivity contribution in [2.24, 2.45) is 0 Å². The molecule has 0 radical (unpaired) electrons. The zero-order chi connectivity index (χ0) is 17.6. The van der Waals surface area contributed by atoms with Gasteiger partial charge in [0, 0.05) is 39.3 Å². The zero-order valence-corrected chi connectivity index (χ0v) is 14.8. The van der Waals surface area contributed by atoms with Gasteiger partial charge in [-0.2, -0.15) is 0 Å². The quantitative estimate of drug-likeness (QED) is 0.903. The fourth-order valence-electron chi connectivity index (χ4n) is 3.42. The van der Waals surface area contributed by atoms with E-state index >= 15 is 0 Å². The van der Waals surface area contributed by atoms with Crippen molar-refractivity contribution in [1.82, 2.24) is 15.1 Å². The van der Waals surface area contributed by atoms with Gasteiger partial charge in [0.15, 0.2) is 0 Å². The minimum atomic E-state index is -0.0613. The van der Waals surface area contributed by atoms with Gasteiger partial charge >= 0.3 is 6.03 Å². The number of carbonyl (C=O) groups is 2. The molecular formula is C18H27N3O4. The number of carbonyl (C=O) groups excluding carboxylic acids is 2. The smallest absolute Gasteiger partial charge is 0.317 e. The molecule has 0 spiro atoms. The highest BCUT2D eigenvalue weighted by atomic mass is 16.5. The lowest BCUT2D eigenvalue weighted by Gasteiger charge is -2.34. The largest absolute Gasteiger partial charge is 0.472 e. The average molecular weight is 349 g/mol. The van der Waals surface area contributed by atoms with E-state index in [1.165, 1.54) is 18.9 Å². The fraction of sp³-hybridized carbons (Fsp3) is 0.667. The normalized spacial score (nSPS) is 21.8. The van der Waals surface area contributed by atoms with Crippen LogP contribution in [-0.2, 0) is 4.74 Å². The highest BCUT2D eigenvalue weighted by molar-refractivity contribution is 5.93. The zero-order valence-electron chi connectivity index (χ0n) is 14.8.